The molecule has 128 valence electrons. The molecule has 0 amide bonds. The summed E-state index contributed by atoms with van der Waals surface area (Å²) in [6.45, 7) is -0.280. The molecule has 4 aromatic carbocycles. The third-order valence-corrected chi connectivity index (χ3v) is 5.16. The Morgan fingerprint density at radius 2 is 1.32 bits per heavy atom. The van der Waals surface area contributed by atoms with Crippen LogP contribution in [0.3, 0.4) is 0 Å². The molecule has 25 heavy (non-hydrogen) atoms. The fourth-order valence-electron chi connectivity index (χ4n) is 3.88. The molecule has 0 saturated carbocycles. The maximum Gasteiger partial charge on any atom is 0.0910 e. The van der Waals surface area contributed by atoms with Crippen molar-refractivity contribution in [2.75, 3.05) is 26.4 Å². The lowest BCUT2D eigenvalue weighted by molar-refractivity contribution is 0.0860. The van der Waals surface area contributed by atoms with Crippen LogP contribution in [0.1, 0.15) is 5.56 Å². The molecule has 4 aromatic rings. The van der Waals surface area contributed by atoms with Gasteiger partial charge in [0.2, 0.25) is 0 Å². The van der Waals surface area contributed by atoms with E-state index in [1.54, 1.807) is 0 Å². The minimum atomic E-state index is -0.995. The summed E-state index contributed by atoms with van der Waals surface area (Å²) in [5.74, 6) is 0. The van der Waals surface area contributed by atoms with Crippen LogP contribution in [-0.2, 0) is 5.54 Å². The van der Waals surface area contributed by atoms with Gasteiger partial charge in [-0.1, -0.05) is 54.6 Å². The molecule has 0 aliphatic rings. The fourth-order valence-corrected chi connectivity index (χ4v) is 3.88. The van der Waals surface area contributed by atoms with Crippen molar-refractivity contribution < 1.29 is 15.3 Å². The highest BCUT2D eigenvalue weighted by atomic mass is 16.3. The zero-order chi connectivity index (χ0) is 17.4. The van der Waals surface area contributed by atoms with Gasteiger partial charge < -0.3 is 20.6 Å². The van der Waals surface area contributed by atoms with Crippen molar-refractivity contribution in [1.82, 2.24) is 5.32 Å². The highest BCUT2D eigenvalue weighted by Gasteiger charge is 2.32. The van der Waals surface area contributed by atoms with Gasteiger partial charge in [-0.25, -0.2) is 0 Å². The molecule has 4 nitrogen and oxygen atoms in total. The van der Waals surface area contributed by atoms with Gasteiger partial charge in [0.1, 0.15) is 0 Å². The maximum absolute atomic E-state index is 10.0. The minimum absolute atomic E-state index is 0.0619. The highest BCUT2D eigenvalue weighted by molar-refractivity contribution is 6.23. The Morgan fingerprint density at radius 1 is 0.720 bits per heavy atom. The molecule has 0 aromatic heterocycles. The number of hydrogen-bond acceptors (Lipinski definition) is 4. The second kappa shape index (κ2) is 6.24. The second-order valence-corrected chi connectivity index (χ2v) is 6.52. The minimum Gasteiger partial charge on any atom is -0.395 e. The average molecular weight is 335 g/mol. The van der Waals surface area contributed by atoms with Gasteiger partial charge in [0.25, 0.3) is 0 Å². The first-order valence-electron chi connectivity index (χ1n) is 8.49. The number of aliphatic hydroxyl groups excluding tert-OH is 3. The number of hydrogen-bond donors (Lipinski definition) is 4. The zero-order valence-corrected chi connectivity index (χ0v) is 13.9. The summed E-state index contributed by atoms with van der Waals surface area (Å²) in [6.07, 6.45) is 0. The molecule has 4 heteroatoms. The van der Waals surface area contributed by atoms with Crippen molar-refractivity contribution >= 4 is 32.3 Å². The van der Waals surface area contributed by atoms with Crippen LogP contribution in [0.25, 0.3) is 32.3 Å². The molecule has 4 N–H and O–H groups in total. The van der Waals surface area contributed by atoms with E-state index in [0.717, 1.165) is 21.7 Å². The van der Waals surface area contributed by atoms with Crippen LogP contribution < -0.4 is 5.32 Å². The molecule has 0 fully saturated rings. The molecular formula is C21H21NO3. The van der Waals surface area contributed by atoms with E-state index in [9.17, 15) is 15.3 Å². The Balaban J connectivity index is 2.08. The van der Waals surface area contributed by atoms with Gasteiger partial charge in [-0.2, -0.15) is 0 Å². The largest absolute Gasteiger partial charge is 0.395 e. The molecule has 0 heterocycles. The summed E-state index contributed by atoms with van der Waals surface area (Å²) < 4.78 is 0. The van der Waals surface area contributed by atoms with Gasteiger partial charge in [-0.05, 0) is 37.9 Å². The van der Waals surface area contributed by atoms with E-state index < -0.39 is 5.54 Å². The Bertz CT molecular complexity index is 1010. The molecule has 0 radical (unpaired) electrons. The van der Waals surface area contributed by atoms with Crippen molar-refractivity contribution in [3.8, 4) is 0 Å². The van der Waals surface area contributed by atoms with E-state index in [4.69, 9.17) is 0 Å². The van der Waals surface area contributed by atoms with E-state index in [-0.39, 0.29) is 19.8 Å². The lowest BCUT2D eigenvalue weighted by Gasteiger charge is -2.33. The topological polar surface area (TPSA) is 72.7 Å². The SMILES string of the molecule is OCCNC(CO)(CO)c1ccc2ccc3cccc4ccc1c2c34. The number of rotatable bonds is 6. The van der Waals surface area contributed by atoms with E-state index in [1.807, 2.05) is 12.1 Å². The molecular weight excluding hydrogens is 314 g/mol. The summed E-state index contributed by atoms with van der Waals surface area (Å²) in [6, 6.07) is 18.6. The van der Waals surface area contributed by atoms with Gasteiger partial charge in [0, 0.05) is 6.54 Å². The van der Waals surface area contributed by atoms with E-state index in [1.165, 1.54) is 16.2 Å². The van der Waals surface area contributed by atoms with E-state index in [0.29, 0.717) is 6.54 Å². The van der Waals surface area contributed by atoms with Gasteiger partial charge in [0.15, 0.2) is 0 Å². The lowest BCUT2D eigenvalue weighted by Crippen LogP contribution is -2.50. The van der Waals surface area contributed by atoms with Crippen molar-refractivity contribution in [2.45, 2.75) is 5.54 Å². The predicted octanol–water partition coefficient (Wildman–Crippen LogP) is 2.35. The molecule has 0 atom stereocenters. The summed E-state index contributed by atoms with van der Waals surface area (Å²) in [5, 5.41) is 39.2. The van der Waals surface area contributed by atoms with Crippen LogP contribution in [0.15, 0.2) is 54.6 Å². The summed E-state index contributed by atoms with van der Waals surface area (Å²) in [5.41, 5.74) is -0.151. The molecule has 0 unspecified atom stereocenters. The molecule has 0 aliphatic heterocycles. The summed E-state index contributed by atoms with van der Waals surface area (Å²) in [4.78, 5) is 0. The van der Waals surface area contributed by atoms with Crippen LogP contribution in [0.2, 0.25) is 0 Å². The monoisotopic (exact) mass is 335 g/mol. The second-order valence-electron chi connectivity index (χ2n) is 6.52. The third-order valence-electron chi connectivity index (χ3n) is 5.16. The Morgan fingerprint density at radius 3 is 1.96 bits per heavy atom. The molecule has 0 bridgehead atoms. The number of aliphatic hydroxyl groups is 3. The van der Waals surface area contributed by atoms with Gasteiger partial charge in [-0.15, -0.1) is 0 Å². The van der Waals surface area contributed by atoms with Gasteiger partial charge >= 0.3 is 0 Å². The van der Waals surface area contributed by atoms with Crippen LogP contribution in [0, 0.1) is 0 Å². The maximum atomic E-state index is 10.0. The van der Waals surface area contributed by atoms with Crippen LogP contribution in [0.5, 0.6) is 0 Å². The van der Waals surface area contributed by atoms with E-state index >= 15 is 0 Å². The molecule has 0 saturated heterocycles. The van der Waals surface area contributed by atoms with Gasteiger partial charge in [-0.3, -0.25) is 0 Å². The quantitative estimate of drug-likeness (QED) is 0.408. The van der Waals surface area contributed by atoms with Crippen LogP contribution >= 0.6 is 0 Å². The highest BCUT2D eigenvalue weighted by Crippen LogP contribution is 2.38. The predicted molar refractivity (Wildman–Crippen MR) is 101 cm³/mol. The summed E-state index contributed by atoms with van der Waals surface area (Å²) in [7, 11) is 0. The Labute approximate surface area is 145 Å². The smallest absolute Gasteiger partial charge is 0.0910 e. The zero-order valence-electron chi connectivity index (χ0n) is 13.9. The van der Waals surface area contributed by atoms with Crippen molar-refractivity contribution in [2.24, 2.45) is 0 Å². The van der Waals surface area contributed by atoms with E-state index in [2.05, 4.69) is 47.8 Å². The first-order chi connectivity index (χ1) is 12.2. The Kier molecular flexibility index (Phi) is 4.06. The average Bonchev–Trinajstić information content (AvgIpc) is 2.68. The Hall–Kier alpha value is -2.24. The molecule has 0 spiro atoms. The first kappa shape index (κ1) is 16.2. The number of benzene rings is 4. The van der Waals surface area contributed by atoms with Gasteiger partial charge in [0.05, 0.1) is 25.4 Å². The standard InChI is InChI=1S/C21H21NO3/c23-11-10-22-21(12-24,13-25)18-9-7-16-5-4-14-2-1-3-15-6-8-17(18)20(16)19(14)15/h1-9,22-25H,10-13H2. The molecule has 0 aliphatic carbocycles. The first-order valence-corrected chi connectivity index (χ1v) is 8.49. The van der Waals surface area contributed by atoms with Crippen molar-refractivity contribution in [3.63, 3.8) is 0 Å². The normalized spacial score (nSPS) is 12.6. The third kappa shape index (κ3) is 2.38. The van der Waals surface area contributed by atoms with Crippen molar-refractivity contribution in [3.05, 3.63) is 60.2 Å². The lowest BCUT2D eigenvalue weighted by atomic mass is 9.84. The fraction of sp³-hybridized carbons (Fsp3) is 0.238. The van der Waals surface area contributed by atoms with Crippen LogP contribution in [-0.4, -0.2) is 41.7 Å². The van der Waals surface area contributed by atoms with Crippen molar-refractivity contribution in [1.29, 1.82) is 0 Å². The molecule has 4 rings (SSSR count). The number of nitrogens with one attached hydrogen (secondary N) is 1. The van der Waals surface area contributed by atoms with Crippen LogP contribution in [0.4, 0.5) is 0 Å². The summed E-state index contributed by atoms with van der Waals surface area (Å²) >= 11 is 0.